The predicted octanol–water partition coefficient (Wildman–Crippen LogP) is -0.0242. The van der Waals surface area contributed by atoms with Crippen molar-refractivity contribution in [2.75, 3.05) is 0.701 Å². The molecular formula is C5H11KO3. The molecule has 0 atom stereocenters. The Morgan fingerprint density at radius 1 is 1.67 bits per heavy atom. The number of hydrogen-bond donors (Lipinski definition) is 2. The third kappa shape index (κ3) is 27.4. The van der Waals surface area contributed by atoms with Gasteiger partial charge in [0, 0.05) is 6.42 Å². The van der Waals surface area contributed by atoms with Crippen molar-refractivity contribution in [3.05, 3.63) is 0 Å². The maximum atomic E-state index is 9.60. The van der Waals surface area contributed by atoms with E-state index in [1.807, 2.05) is 6.92 Å². The SMILES string of the molecule is CCCC(=O)O.O[CH2][K]. The van der Waals surface area contributed by atoms with Gasteiger partial charge in [0.15, 0.2) is 0 Å². The zero-order valence-electron chi connectivity index (χ0n) is 5.92. The topological polar surface area (TPSA) is 57.5 Å². The van der Waals surface area contributed by atoms with Gasteiger partial charge < -0.3 is 5.11 Å². The molecule has 9 heavy (non-hydrogen) atoms. The number of aliphatic hydroxyl groups excluding tert-OH is 1. The van der Waals surface area contributed by atoms with Crippen LogP contribution < -0.4 is 0 Å². The normalized spacial score (nSPS) is 7.56. The summed E-state index contributed by atoms with van der Waals surface area (Å²) in [7, 11) is 0. The number of aliphatic carboxylic acids is 1. The van der Waals surface area contributed by atoms with Gasteiger partial charge in [0.2, 0.25) is 0 Å². The van der Waals surface area contributed by atoms with Crippen molar-refractivity contribution in [2.24, 2.45) is 0 Å². The summed E-state index contributed by atoms with van der Waals surface area (Å²) in [6, 6.07) is 0. The van der Waals surface area contributed by atoms with Crippen LogP contribution in [0.1, 0.15) is 19.8 Å². The van der Waals surface area contributed by atoms with E-state index in [4.69, 9.17) is 10.2 Å². The molecule has 0 spiro atoms. The Kier molecular flexibility index (Phi) is 16.7. The Morgan fingerprint density at radius 3 is 2.00 bits per heavy atom. The van der Waals surface area contributed by atoms with E-state index in [0.29, 0.717) is 56.1 Å². The fourth-order valence-electron chi connectivity index (χ4n) is 0.214. The first-order valence-corrected chi connectivity index (χ1v) is 5.22. The summed E-state index contributed by atoms with van der Waals surface area (Å²) < 4.78 is 0.438. The summed E-state index contributed by atoms with van der Waals surface area (Å²) in [5.41, 5.74) is 0. The zero-order chi connectivity index (χ0) is 7.70. The maximum absolute atomic E-state index is 9.60. The summed E-state index contributed by atoms with van der Waals surface area (Å²) >= 11 is 0.660. The average Bonchev–Trinajstić information content (AvgIpc) is 1.67. The van der Waals surface area contributed by atoms with E-state index >= 15 is 0 Å². The van der Waals surface area contributed by atoms with Crippen LogP contribution in [0, 0.1) is 0 Å². The number of hydrogen-bond acceptors (Lipinski definition) is 2. The molecule has 0 aliphatic rings. The summed E-state index contributed by atoms with van der Waals surface area (Å²) in [5.74, 6) is -0.711. The summed E-state index contributed by atoms with van der Waals surface area (Å²) in [4.78, 5) is 9.60. The Hall–Kier alpha value is 1.07. The van der Waals surface area contributed by atoms with Crippen LogP contribution in [0.4, 0.5) is 0 Å². The van der Waals surface area contributed by atoms with Gasteiger partial charge in [-0.15, -0.1) is 0 Å². The number of carbonyl (C=O) groups is 1. The number of carboxylic acid groups (broad SMARTS) is 1. The van der Waals surface area contributed by atoms with Crippen LogP contribution >= 0.6 is 0 Å². The molecule has 0 aliphatic carbocycles. The summed E-state index contributed by atoms with van der Waals surface area (Å²) in [6.07, 6.45) is 1.02. The van der Waals surface area contributed by atoms with E-state index in [2.05, 4.69) is 0 Å². The molecule has 0 aromatic carbocycles. The Labute approximate surface area is 89.0 Å². The molecule has 0 amide bonds. The van der Waals surface area contributed by atoms with Crippen molar-refractivity contribution in [3.63, 3.8) is 0 Å². The molecule has 0 heterocycles. The number of carboxylic acids is 1. The van der Waals surface area contributed by atoms with Gasteiger partial charge in [-0.3, -0.25) is 4.79 Å². The summed E-state index contributed by atoms with van der Waals surface area (Å²) in [5, 5.41) is 15.6. The van der Waals surface area contributed by atoms with E-state index in [9.17, 15) is 4.79 Å². The second-order valence-electron chi connectivity index (χ2n) is 1.46. The van der Waals surface area contributed by atoms with Gasteiger partial charge in [0.25, 0.3) is 0 Å². The van der Waals surface area contributed by atoms with Crippen LogP contribution in [0.3, 0.4) is 0 Å². The predicted molar refractivity (Wildman–Crippen MR) is 35.4 cm³/mol. The molecule has 4 heteroatoms. The van der Waals surface area contributed by atoms with Crippen LogP contribution in [0.5, 0.6) is 0 Å². The minimum absolute atomic E-state index is 0.292. The van der Waals surface area contributed by atoms with Crippen LogP contribution in [0.15, 0.2) is 0 Å². The van der Waals surface area contributed by atoms with Gasteiger partial charge in [-0.2, -0.15) is 0 Å². The quantitative estimate of drug-likeness (QED) is 0.555. The molecule has 0 saturated heterocycles. The molecule has 50 valence electrons. The Bertz CT molecular complexity index is 65.2. The molecule has 0 aromatic rings. The third-order valence-electron chi connectivity index (χ3n) is 0.464. The first-order chi connectivity index (χ1) is 4.18. The second-order valence-corrected chi connectivity index (χ2v) is 2.45. The summed E-state index contributed by atoms with van der Waals surface area (Å²) in [6.45, 7) is 1.84. The molecule has 0 rings (SSSR count). The standard InChI is InChI=1S/C4H8O2.CH3O.K/c1-2-3-4(5)6;1-2;/h2-3H2,1H3,(H,5,6);2H,1H2;. The van der Waals surface area contributed by atoms with Crippen molar-refractivity contribution in [3.8, 4) is 0 Å². The van der Waals surface area contributed by atoms with E-state index < -0.39 is 5.97 Å². The van der Waals surface area contributed by atoms with Crippen molar-refractivity contribution in [2.45, 2.75) is 19.8 Å². The van der Waals surface area contributed by atoms with Gasteiger partial charge in [-0.1, -0.05) is 6.92 Å². The first kappa shape index (κ1) is 12.7. The molecule has 3 nitrogen and oxygen atoms in total. The van der Waals surface area contributed by atoms with E-state index in [1.165, 1.54) is 0 Å². The zero-order valence-corrected chi connectivity index (χ0v) is 9.05. The number of aliphatic hydroxyl groups is 1. The Morgan fingerprint density at radius 2 is 2.00 bits per heavy atom. The monoisotopic (exact) mass is 158 g/mol. The van der Waals surface area contributed by atoms with E-state index in [1.54, 1.807) is 0 Å². The van der Waals surface area contributed by atoms with Crippen molar-refractivity contribution in [1.29, 1.82) is 0 Å². The van der Waals surface area contributed by atoms with Crippen LogP contribution in [0.25, 0.3) is 0 Å². The van der Waals surface area contributed by atoms with Crippen molar-refractivity contribution < 1.29 is 15.0 Å². The fourth-order valence-corrected chi connectivity index (χ4v) is 0.214. The number of rotatable bonds is 2. The van der Waals surface area contributed by atoms with Crippen LogP contribution in [0.2, 0.25) is 0 Å². The van der Waals surface area contributed by atoms with E-state index in [0.717, 1.165) is 6.42 Å². The van der Waals surface area contributed by atoms with Crippen LogP contribution in [-0.2, 0) is 4.79 Å². The molecule has 2 N–H and O–H groups in total. The minimum atomic E-state index is -0.711. The molecule has 0 aliphatic heterocycles. The fraction of sp³-hybridized carbons (Fsp3) is 0.800. The molecular weight excluding hydrogens is 147 g/mol. The Balaban J connectivity index is 0. The first-order valence-electron chi connectivity index (χ1n) is 3.01. The molecule has 0 aromatic heterocycles. The van der Waals surface area contributed by atoms with Gasteiger partial charge in [-0.05, 0) is 6.42 Å². The van der Waals surface area contributed by atoms with Gasteiger partial charge in [0.1, 0.15) is 0 Å². The van der Waals surface area contributed by atoms with Crippen LogP contribution in [-0.4, -0.2) is 65.8 Å². The molecule has 0 fully saturated rings. The van der Waals surface area contributed by atoms with Crippen molar-refractivity contribution >= 4 is 54.9 Å². The van der Waals surface area contributed by atoms with Gasteiger partial charge >= 0.3 is 60.7 Å². The average molecular weight is 158 g/mol. The molecule has 0 saturated carbocycles. The molecule has 0 bridgehead atoms. The van der Waals surface area contributed by atoms with E-state index in [-0.39, 0.29) is 0 Å². The van der Waals surface area contributed by atoms with Gasteiger partial charge in [0.05, 0.1) is 0 Å². The molecule has 0 unspecified atom stereocenters. The third-order valence-corrected chi connectivity index (χ3v) is 0.464. The molecule has 0 radical (unpaired) electrons. The van der Waals surface area contributed by atoms with Crippen molar-refractivity contribution in [1.82, 2.24) is 0 Å². The van der Waals surface area contributed by atoms with Gasteiger partial charge in [-0.25, -0.2) is 0 Å². The second kappa shape index (κ2) is 11.8.